The van der Waals surface area contributed by atoms with Crippen LogP contribution in [0, 0.1) is 0 Å². The molecule has 2 rings (SSSR count). The second-order valence-electron chi connectivity index (χ2n) is 4.83. The topological polar surface area (TPSA) is 56.8 Å². The van der Waals surface area contributed by atoms with E-state index < -0.39 is 0 Å². The molecule has 0 aliphatic heterocycles. The molecule has 1 amide bonds. The Morgan fingerprint density at radius 3 is 2.33 bits per heavy atom. The van der Waals surface area contributed by atoms with Crippen molar-refractivity contribution in [3.63, 3.8) is 0 Å². The number of nitrogens with one attached hydrogen (secondary N) is 1. The number of anilines is 1. The highest BCUT2D eigenvalue weighted by molar-refractivity contribution is 9.10. The highest BCUT2D eigenvalue weighted by Gasteiger charge is 2.15. The monoisotopic (exact) mass is 393 g/mol. The maximum atomic E-state index is 12.5. The zero-order valence-corrected chi connectivity index (χ0v) is 15.5. The summed E-state index contributed by atoms with van der Waals surface area (Å²) in [5, 5.41) is 2.85. The molecule has 0 radical (unpaired) electrons. The van der Waals surface area contributed by atoms with Gasteiger partial charge in [0.25, 0.3) is 5.91 Å². The van der Waals surface area contributed by atoms with E-state index in [4.69, 9.17) is 14.2 Å². The van der Waals surface area contributed by atoms with Gasteiger partial charge in [-0.2, -0.15) is 0 Å². The van der Waals surface area contributed by atoms with Gasteiger partial charge in [0.2, 0.25) is 0 Å². The number of rotatable bonds is 7. The number of hydrogen-bond acceptors (Lipinski definition) is 4. The highest BCUT2D eigenvalue weighted by atomic mass is 79.9. The molecule has 24 heavy (non-hydrogen) atoms. The summed E-state index contributed by atoms with van der Waals surface area (Å²) in [6.45, 7) is 4.88. The molecule has 0 saturated heterocycles. The normalized spacial score (nSPS) is 10.2. The molecule has 0 aliphatic rings. The molecule has 6 heteroatoms. The molecule has 0 unspecified atom stereocenters. The Morgan fingerprint density at radius 1 is 1.08 bits per heavy atom. The molecule has 2 aromatic rings. The first kappa shape index (κ1) is 18.1. The molecule has 0 fully saturated rings. The highest BCUT2D eigenvalue weighted by Crippen LogP contribution is 2.36. The largest absolute Gasteiger partial charge is 0.494 e. The van der Waals surface area contributed by atoms with Crippen LogP contribution in [0.3, 0.4) is 0 Å². The third-order valence-corrected chi connectivity index (χ3v) is 3.79. The summed E-state index contributed by atoms with van der Waals surface area (Å²) in [5.41, 5.74) is 1.16. The summed E-state index contributed by atoms with van der Waals surface area (Å²) in [5.74, 6) is 1.62. The number of benzene rings is 2. The lowest BCUT2D eigenvalue weighted by Gasteiger charge is -2.13. The SMILES string of the molecule is CCOc1ccc(NC(=O)c2cc(Br)c(OC)c(OCC)c2)cc1. The summed E-state index contributed by atoms with van der Waals surface area (Å²) < 4.78 is 16.9. The van der Waals surface area contributed by atoms with Crippen molar-refractivity contribution < 1.29 is 19.0 Å². The van der Waals surface area contributed by atoms with Crippen molar-refractivity contribution in [2.24, 2.45) is 0 Å². The fourth-order valence-corrected chi connectivity index (χ4v) is 2.77. The zero-order chi connectivity index (χ0) is 17.5. The molecule has 0 bridgehead atoms. The van der Waals surface area contributed by atoms with E-state index >= 15 is 0 Å². The molecule has 0 aromatic heterocycles. The first-order valence-electron chi connectivity index (χ1n) is 7.63. The molecule has 2 aromatic carbocycles. The summed E-state index contributed by atoms with van der Waals surface area (Å²) in [6.07, 6.45) is 0. The Kier molecular flexibility index (Phi) is 6.49. The molecular formula is C18H20BrNO4. The summed E-state index contributed by atoms with van der Waals surface area (Å²) in [4.78, 5) is 12.5. The van der Waals surface area contributed by atoms with Crippen LogP contribution in [0.4, 0.5) is 5.69 Å². The van der Waals surface area contributed by atoms with Gasteiger partial charge in [-0.3, -0.25) is 4.79 Å². The zero-order valence-electron chi connectivity index (χ0n) is 13.9. The third kappa shape index (κ3) is 4.41. The number of carbonyl (C=O) groups excluding carboxylic acids is 1. The van der Waals surface area contributed by atoms with Crippen LogP contribution in [0.2, 0.25) is 0 Å². The van der Waals surface area contributed by atoms with Gasteiger partial charge in [-0.1, -0.05) is 0 Å². The lowest BCUT2D eigenvalue weighted by Crippen LogP contribution is -2.12. The Balaban J connectivity index is 2.19. The first-order valence-corrected chi connectivity index (χ1v) is 8.42. The Labute approximate surface area is 150 Å². The fourth-order valence-electron chi connectivity index (χ4n) is 2.16. The maximum absolute atomic E-state index is 12.5. The van der Waals surface area contributed by atoms with E-state index in [1.165, 1.54) is 0 Å². The molecule has 128 valence electrons. The van der Waals surface area contributed by atoms with Crippen molar-refractivity contribution in [2.45, 2.75) is 13.8 Å². The van der Waals surface area contributed by atoms with Crippen molar-refractivity contribution in [2.75, 3.05) is 25.6 Å². The van der Waals surface area contributed by atoms with Gasteiger partial charge in [0.1, 0.15) is 5.75 Å². The number of carbonyl (C=O) groups is 1. The van der Waals surface area contributed by atoms with Crippen molar-refractivity contribution >= 4 is 27.5 Å². The van der Waals surface area contributed by atoms with Gasteiger partial charge < -0.3 is 19.5 Å². The van der Waals surface area contributed by atoms with E-state index in [1.807, 2.05) is 26.0 Å². The van der Waals surface area contributed by atoms with Crippen LogP contribution in [0.5, 0.6) is 17.2 Å². The van der Waals surface area contributed by atoms with Crippen LogP contribution in [0.15, 0.2) is 40.9 Å². The van der Waals surface area contributed by atoms with E-state index in [0.29, 0.717) is 40.4 Å². The predicted molar refractivity (Wildman–Crippen MR) is 97.4 cm³/mol. The lowest BCUT2D eigenvalue weighted by molar-refractivity contribution is 0.102. The quantitative estimate of drug-likeness (QED) is 0.751. The number of amides is 1. The molecular weight excluding hydrogens is 374 g/mol. The number of hydrogen-bond donors (Lipinski definition) is 1. The van der Waals surface area contributed by atoms with Gasteiger partial charge >= 0.3 is 0 Å². The second kappa shape index (κ2) is 8.59. The van der Waals surface area contributed by atoms with Crippen LogP contribution in [0.1, 0.15) is 24.2 Å². The summed E-state index contributed by atoms with van der Waals surface area (Å²) in [6, 6.07) is 10.6. The van der Waals surface area contributed by atoms with Crippen LogP contribution >= 0.6 is 15.9 Å². The van der Waals surface area contributed by atoms with E-state index in [2.05, 4.69) is 21.2 Å². The number of ether oxygens (including phenoxy) is 3. The minimum atomic E-state index is -0.233. The molecule has 0 saturated carbocycles. The molecule has 0 atom stereocenters. The Morgan fingerprint density at radius 2 is 1.75 bits per heavy atom. The van der Waals surface area contributed by atoms with E-state index in [9.17, 15) is 4.79 Å². The standard InChI is InChI=1S/C18H20BrNO4/c1-4-23-14-8-6-13(7-9-14)20-18(21)12-10-15(19)17(22-3)16(11-12)24-5-2/h6-11H,4-5H2,1-3H3,(H,20,21). The van der Waals surface area contributed by atoms with Crippen LogP contribution in [-0.4, -0.2) is 26.2 Å². The van der Waals surface area contributed by atoms with Gasteiger partial charge in [0.05, 0.1) is 24.8 Å². The van der Waals surface area contributed by atoms with Gasteiger partial charge in [-0.05, 0) is 66.2 Å². The molecule has 0 heterocycles. The van der Waals surface area contributed by atoms with Crippen molar-refractivity contribution in [3.8, 4) is 17.2 Å². The molecule has 5 nitrogen and oxygen atoms in total. The van der Waals surface area contributed by atoms with E-state index in [1.54, 1.807) is 31.4 Å². The third-order valence-electron chi connectivity index (χ3n) is 3.20. The van der Waals surface area contributed by atoms with Crippen molar-refractivity contribution in [3.05, 3.63) is 46.4 Å². The predicted octanol–water partition coefficient (Wildman–Crippen LogP) is 4.51. The van der Waals surface area contributed by atoms with Gasteiger partial charge in [0.15, 0.2) is 11.5 Å². The molecule has 0 aliphatic carbocycles. The number of halogens is 1. The average Bonchev–Trinajstić information content (AvgIpc) is 2.57. The minimum absolute atomic E-state index is 0.233. The molecule has 0 spiro atoms. The van der Waals surface area contributed by atoms with Crippen LogP contribution in [-0.2, 0) is 0 Å². The number of methoxy groups -OCH3 is 1. The first-order chi connectivity index (χ1) is 11.6. The summed E-state index contributed by atoms with van der Waals surface area (Å²) in [7, 11) is 1.56. The molecule has 1 N–H and O–H groups in total. The Bertz CT molecular complexity index is 701. The lowest BCUT2D eigenvalue weighted by atomic mass is 10.1. The van der Waals surface area contributed by atoms with Crippen molar-refractivity contribution in [1.82, 2.24) is 0 Å². The van der Waals surface area contributed by atoms with Crippen LogP contribution in [0.25, 0.3) is 0 Å². The fraction of sp³-hybridized carbons (Fsp3) is 0.278. The Hall–Kier alpha value is -2.21. The minimum Gasteiger partial charge on any atom is -0.494 e. The van der Waals surface area contributed by atoms with E-state index in [0.717, 1.165) is 5.75 Å². The van der Waals surface area contributed by atoms with Crippen LogP contribution < -0.4 is 19.5 Å². The van der Waals surface area contributed by atoms with Crippen molar-refractivity contribution in [1.29, 1.82) is 0 Å². The van der Waals surface area contributed by atoms with Gasteiger partial charge in [-0.25, -0.2) is 0 Å². The van der Waals surface area contributed by atoms with Gasteiger partial charge in [0, 0.05) is 11.3 Å². The average molecular weight is 394 g/mol. The second-order valence-corrected chi connectivity index (χ2v) is 5.69. The van der Waals surface area contributed by atoms with Gasteiger partial charge in [-0.15, -0.1) is 0 Å². The van der Waals surface area contributed by atoms with E-state index in [-0.39, 0.29) is 5.91 Å². The maximum Gasteiger partial charge on any atom is 0.255 e. The smallest absolute Gasteiger partial charge is 0.255 e. The summed E-state index contributed by atoms with van der Waals surface area (Å²) >= 11 is 3.41.